The maximum absolute atomic E-state index is 12.2. The normalized spacial score (nSPS) is 11.4. The number of aromatic nitrogens is 2. The Balaban J connectivity index is 2.26. The number of hydrogen-bond donors (Lipinski definition) is 1. The molecule has 4 heteroatoms. The molecule has 1 aromatic carbocycles. The lowest BCUT2D eigenvalue weighted by Crippen LogP contribution is -2.28. The van der Waals surface area contributed by atoms with Crippen LogP contribution in [0.5, 0.6) is 0 Å². The Labute approximate surface area is 113 Å². The SMILES string of the molecule is Cc1nc2ccccc2n(CCCNC(C)C)c1=O. The Bertz CT molecular complexity index is 616. The van der Waals surface area contributed by atoms with Gasteiger partial charge in [-0.15, -0.1) is 0 Å². The fourth-order valence-electron chi connectivity index (χ4n) is 2.17. The van der Waals surface area contributed by atoms with E-state index in [1.54, 1.807) is 6.92 Å². The van der Waals surface area contributed by atoms with Gasteiger partial charge in [0, 0.05) is 12.6 Å². The van der Waals surface area contributed by atoms with Gasteiger partial charge < -0.3 is 9.88 Å². The minimum Gasteiger partial charge on any atom is -0.314 e. The standard InChI is InChI=1S/C15H21N3O/c1-11(2)16-9-6-10-18-14-8-5-4-7-13(14)17-12(3)15(18)19/h4-5,7-8,11,16H,6,9-10H2,1-3H3. The maximum atomic E-state index is 12.2. The molecule has 0 aliphatic rings. The monoisotopic (exact) mass is 259 g/mol. The second-order valence-electron chi connectivity index (χ2n) is 5.11. The van der Waals surface area contributed by atoms with Crippen molar-refractivity contribution in [2.24, 2.45) is 0 Å². The number of fused-ring (bicyclic) bond motifs is 1. The molecule has 0 unspecified atom stereocenters. The van der Waals surface area contributed by atoms with Crippen molar-refractivity contribution in [1.82, 2.24) is 14.9 Å². The van der Waals surface area contributed by atoms with Crippen LogP contribution in [0.4, 0.5) is 0 Å². The second kappa shape index (κ2) is 5.97. The van der Waals surface area contributed by atoms with Gasteiger partial charge in [0.1, 0.15) is 5.69 Å². The molecule has 0 amide bonds. The van der Waals surface area contributed by atoms with Crippen molar-refractivity contribution in [3.8, 4) is 0 Å². The van der Waals surface area contributed by atoms with Crippen molar-refractivity contribution in [2.45, 2.75) is 39.8 Å². The summed E-state index contributed by atoms with van der Waals surface area (Å²) < 4.78 is 1.83. The molecule has 4 nitrogen and oxygen atoms in total. The molecule has 2 rings (SSSR count). The predicted molar refractivity (Wildman–Crippen MR) is 78.5 cm³/mol. The lowest BCUT2D eigenvalue weighted by molar-refractivity contribution is 0.534. The number of rotatable bonds is 5. The highest BCUT2D eigenvalue weighted by molar-refractivity contribution is 5.74. The number of aryl methyl sites for hydroxylation is 2. The van der Waals surface area contributed by atoms with Gasteiger partial charge in [-0.25, -0.2) is 4.98 Å². The molecule has 0 spiro atoms. The summed E-state index contributed by atoms with van der Waals surface area (Å²) in [6, 6.07) is 8.28. The predicted octanol–water partition coefficient (Wildman–Crippen LogP) is 2.09. The summed E-state index contributed by atoms with van der Waals surface area (Å²) in [4.78, 5) is 16.5. The number of hydrogen-bond acceptors (Lipinski definition) is 3. The number of nitrogens with one attached hydrogen (secondary N) is 1. The van der Waals surface area contributed by atoms with Gasteiger partial charge >= 0.3 is 0 Å². The number of para-hydroxylation sites is 2. The van der Waals surface area contributed by atoms with Crippen LogP contribution in [0, 0.1) is 6.92 Å². The van der Waals surface area contributed by atoms with Crippen LogP contribution in [0.15, 0.2) is 29.1 Å². The minimum absolute atomic E-state index is 0.0169. The van der Waals surface area contributed by atoms with Gasteiger partial charge in [-0.05, 0) is 32.0 Å². The summed E-state index contributed by atoms with van der Waals surface area (Å²) in [7, 11) is 0. The van der Waals surface area contributed by atoms with E-state index in [1.165, 1.54) is 0 Å². The highest BCUT2D eigenvalue weighted by Crippen LogP contribution is 2.09. The van der Waals surface area contributed by atoms with E-state index in [0.29, 0.717) is 11.7 Å². The van der Waals surface area contributed by atoms with Gasteiger partial charge in [0.15, 0.2) is 0 Å². The van der Waals surface area contributed by atoms with Crippen LogP contribution in [-0.2, 0) is 6.54 Å². The van der Waals surface area contributed by atoms with Crippen LogP contribution in [0.1, 0.15) is 26.0 Å². The molecule has 0 aliphatic heterocycles. The first-order valence-corrected chi connectivity index (χ1v) is 6.79. The molecule has 1 aromatic heterocycles. The van der Waals surface area contributed by atoms with Crippen LogP contribution in [0.2, 0.25) is 0 Å². The van der Waals surface area contributed by atoms with E-state index in [-0.39, 0.29) is 5.56 Å². The first-order valence-electron chi connectivity index (χ1n) is 6.79. The van der Waals surface area contributed by atoms with Crippen molar-refractivity contribution in [2.75, 3.05) is 6.54 Å². The van der Waals surface area contributed by atoms with Gasteiger partial charge in [-0.2, -0.15) is 0 Å². The molecule has 102 valence electrons. The Kier molecular flexibility index (Phi) is 4.32. The highest BCUT2D eigenvalue weighted by Gasteiger charge is 2.07. The van der Waals surface area contributed by atoms with E-state index in [9.17, 15) is 4.79 Å². The largest absolute Gasteiger partial charge is 0.314 e. The molecule has 19 heavy (non-hydrogen) atoms. The van der Waals surface area contributed by atoms with Gasteiger partial charge in [-0.1, -0.05) is 26.0 Å². The topological polar surface area (TPSA) is 46.9 Å². The summed E-state index contributed by atoms with van der Waals surface area (Å²) >= 11 is 0. The molecule has 0 atom stereocenters. The Morgan fingerprint density at radius 2 is 2.05 bits per heavy atom. The van der Waals surface area contributed by atoms with Crippen LogP contribution in [-0.4, -0.2) is 22.1 Å². The average Bonchev–Trinajstić information content (AvgIpc) is 2.38. The molecule has 0 saturated carbocycles. The Morgan fingerprint density at radius 3 is 2.79 bits per heavy atom. The molecule has 0 fully saturated rings. The van der Waals surface area contributed by atoms with E-state index in [0.717, 1.165) is 30.5 Å². The first-order chi connectivity index (χ1) is 9.09. The molecular formula is C15H21N3O. The van der Waals surface area contributed by atoms with Crippen LogP contribution < -0.4 is 10.9 Å². The van der Waals surface area contributed by atoms with Crippen molar-refractivity contribution in [3.63, 3.8) is 0 Å². The zero-order valence-electron chi connectivity index (χ0n) is 11.8. The van der Waals surface area contributed by atoms with E-state index in [2.05, 4.69) is 24.1 Å². The summed E-state index contributed by atoms with van der Waals surface area (Å²) in [5.74, 6) is 0. The molecule has 0 bridgehead atoms. The second-order valence-corrected chi connectivity index (χ2v) is 5.11. The van der Waals surface area contributed by atoms with Crippen molar-refractivity contribution >= 4 is 11.0 Å². The van der Waals surface area contributed by atoms with E-state index in [1.807, 2.05) is 28.8 Å². The summed E-state index contributed by atoms with van der Waals surface area (Å²) in [6.45, 7) is 7.66. The molecule has 0 aliphatic carbocycles. The first kappa shape index (κ1) is 13.7. The van der Waals surface area contributed by atoms with E-state index in [4.69, 9.17) is 0 Å². The van der Waals surface area contributed by atoms with E-state index >= 15 is 0 Å². The average molecular weight is 259 g/mol. The van der Waals surface area contributed by atoms with Gasteiger partial charge in [0.25, 0.3) is 5.56 Å². The van der Waals surface area contributed by atoms with Crippen molar-refractivity contribution in [3.05, 3.63) is 40.3 Å². The van der Waals surface area contributed by atoms with Gasteiger partial charge in [-0.3, -0.25) is 4.79 Å². The van der Waals surface area contributed by atoms with Gasteiger partial charge in [0.2, 0.25) is 0 Å². The third-order valence-electron chi connectivity index (χ3n) is 3.13. The zero-order valence-corrected chi connectivity index (χ0v) is 11.8. The molecule has 0 radical (unpaired) electrons. The lowest BCUT2D eigenvalue weighted by Gasteiger charge is -2.12. The van der Waals surface area contributed by atoms with Crippen LogP contribution in [0.25, 0.3) is 11.0 Å². The smallest absolute Gasteiger partial charge is 0.272 e. The summed E-state index contributed by atoms with van der Waals surface area (Å²) in [5.41, 5.74) is 2.39. The Hall–Kier alpha value is -1.68. The maximum Gasteiger partial charge on any atom is 0.272 e. The van der Waals surface area contributed by atoms with Gasteiger partial charge in [0.05, 0.1) is 11.0 Å². The lowest BCUT2D eigenvalue weighted by atomic mass is 10.2. The zero-order chi connectivity index (χ0) is 13.8. The number of benzene rings is 1. The third kappa shape index (κ3) is 3.20. The molecule has 0 saturated heterocycles. The van der Waals surface area contributed by atoms with E-state index < -0.39 is 0 Å². The third-order valence-corrected chi connectivity index (χ3v) is 3.13. The van der Waals surface area contributed by atoms with Crippen molar-refractivity contribution < 1.29 is 0 Å². The summed E-state index contributed by atoms with van der Waals surface area (Å²) in [6.07, 6.45) is 0.936. The molecular weight excluding hydrogens is 238 g/mol. The fraction of sp³-hybridized carbons (Fsp3) is 0.467. The molecule has 1 N–H and O–H groups in total. The van der Waals surface area contributed by atoms with Crippen LogP contribution >= 0.6 is 0 Å². The quantitative estimate of drug-likeness (QED) is 0.836. The molecule has 1 heterocycles. The number of nitrogens with zero attached hydrogens (tertiary/aromatic N) is 2. The van der Waals surface area contributed by atoms with Crippen molar-refractivity contribution in [1.29, 1.82) is 0 Å². The summed E-state index contributed by atoms with van der Waals surface area (Å²) in [5, 5.41) is 3.37. The van der Waals surface area contributed by atoms with Crippen LogP contribution in [0.3, 0.4) is 0 Å². The minimum atomic E-state index is 0.0169. The Morgan fingerprint density at radius 1 is 1.32 bits per heavy atom. The molecule has 2 aromatic rings. The fourth-order valence-corrected chi connectivity index (χ4v) is 2.17. The highest BCUT2D eigenvalue weighted by atomic mass is 16.1.